The van der Waals surface area contributed by atoms with Crippen LogP contribution in [0.4, 0.5) is 5.82 Å². The average molecular weight is 425 g/mol. The fraction of sp³-hybridized carbons (Fsp3) is 0.292. The Morgan fingerprint density at radius 1 is 1.12 bits per heavy atom. The molecule has 160 valence electrons. The Balaban J connectivity index is 1.39. The van der Waals surface area contributed by atoms with Crippen LogP contribution in [0.5, 0.6) is 0 Å². The van der Waals surface area contributed by atoms with Gasteiger partial charge in [-0.15, -0.1) is 10.2 Å². The molecule has 3 aliphatic rings. The first kappa shape index (κ1) is 18.9. The molecule has 8 nitrogen and oxygen atoms in total. The molecule has 2 aliphatic carbocycles. The van der Waals surface area contributed by atoms with E-state index < -0.39 is 5.91 Å². The van der Waals surface area contributed by atoms with Crippen molar-refractivity contribution in [2.24, 2.45) is 11.7 Å². The number of pyridine rings is 2. The minimum absolute atomic E-state index is 0.250. The third-order valence-electron chi connectivity index (χ3n) is 6.26. The van der Waals surface area contributed by atoms with E-state index in [-0.39, 0.29) is 11.7 Å². The van der Waals surface area contributed by atoms with E-state index in [1.54, 1.807) is 18.6 Å². The molecule has 0 aromatic carbocycles. The normalized spacial score (nSPS) is 20.3. The fourth-order valence-corrected chi connectivity index (χ4v) is 4.27. The second-order valence-corrected chi connectivity index (χ2v) is 8.65. The Labute approximate surface area is 185 Å². The molecular weight excluding hydrogens is 402 g/mol. The number of amides is 1. The maximum absolute atomic E-state index is 11.6. The second-order valence-electron chi connectivity index (χ2n) is 8.65. The van der Waals surface area contributed by atoms with Crippen LogP contribution in [0.25, 0.3) is 17.1 Å². The number of carbonyl (C=O) groups is 1. The van der Waals surface area contributed by atoms with Crippen molar-refractivity contribution < 1.29 is 4.79 Å². The molecule has 2 N–H and O–H groups in total. The zero-order valence-corrected chi connectivity index (χ0v) is 17.5. The van der Waals surface area contributed by atoms with Crippen molar-refractivity contribution >= 4 is 17.3 Å². The summed E-state index contributed by atoms with van der Waals surface area (Å²) in [6.07, 6.45) is 14.6. The van der Waals surface area contributed by atoms with Crippen molar-refractivity contribution in [2.75, 3.05) is 4.90 Å². The van der Waals surface area contributed by atoms with Gasteiger partial charge in [0.2, 0.25) is 0 Å². The first-order valence-corrected chi connectivity index (χ1v) is 11.0. The van der Waals surface area contributed by atoms with Crippen molar-refractivity contribution in [3.8, 4) is 11.5 Å². The lowest BCUT2D eigenvalue weighted by molar-refractivity contribution is 0.0995. The summed E-state index contributed by atoms with van der Waals surface area (Å²) in [7, 11) is 0. The summed E-state index contributed by atoms with van der Waals surface area (Å²) in [5.74, 6) is 1.77. The molecule has 3 aromatic rings. The Kier molecular flexibility index (Phi) is 4.38. The van der Waals surface area contributed by atoms with E-state index in [2.05, 4.69) is 43.0 Å². The molecule has 32 heavy (non-hydrogen) atoms. The summed E-state index contributed by atoms with van der Waals surface area (Å²) < 4.78 is 2.13. The van der Waals surface area contributed by atoms with Crippen LogP contribution in [0.2, 0.25) is 0 Å². The Morgan fingerprint density at radius 3 is 2.78 bits per heavy atom. The molecule has 3 aromatic heterocycles. The third kappa shape index (κ3) is 3.47. The van der Waals surface area contributed by atoms with Crippen molar-refractivity contribution in [3.05, 3.63) is 72.5 Å². The zero-order valence-electron chi connectivity index (χ0n) is 17.5. The summed E-state index contributed by atoms with van der Waals surface area (Å²) in [6, 6.07) is 10.4. The molecule has 8 heteroatoms. The van der Waals surface area contributed by atoms with Gasteiger partial charge >= 0.3 is 0 Å². The van der Waals surface area contributed by atoms with E-state index in [0.29, 0.717) is 12.0 Å². The van der Waals surface area contributed by atoms with E-state index in [1.165, 1.54) is 12.8 Å². The highest BCUT2D eigenvalue weighted by Crippen LogP contribution is 2.41. The SMILES string of the molecule is NC(=O)c1cc(C2=CN(c3cccc(-c4nncn4C4CC4)n3)C(C3CC3)C=C2)ccn1. The molecule has 1 aliphatic heterocycles. The van der Waals surface area contributed by atoms with E-state index in [0.717, 1.165) is 41.3 Å². The lowest BCUT2D eigenvalue weighted by Gasteiger charge is -2.31. The molecule has 1 unspecified atom stereocenters. The predicted molar refractivity (Wildman–Crippen MR) is 120 cm³/mol. The van der Waals surface area contributed by atoms with Crippen molar-refractivity contribution in [1.82, 2.24) is 24.7 Å². The lowest BCUT2D eigenvalue weighted by Crippen LogP contribution is -2.33. The quantitative estimate of drug-likeness (QED) is 0.650. The summed E-state index contributed by atoms with van der Waals surface area (Å²) in [5.41, 5.74) is 8.39. The van der Waals surface area contributed by atoms with Crippen LogP contribution in [0, 0.1) is 5.92 Å². The smallest absolute Gasteiger partial charge is 0.267 e. The number of aromatic nitrogens is 5. The average Bonchev–Trinajstić information content (AvgIpc) is 3.77. The topological polar surface area (TPSA) is 103 Å². The van der Waals surface area contributed by atoms with Gasteiger partial charge in [0.25, 0.3) is 5.91 Å². The van der Waals surface area contributed by atoms with Crippen LogP contribution in [-0.4, -0.2) is 36.7 Å². The fourth-order valence-electron chi connectivity index (χ4n) is 4.27. The minimum atomic E-state index is -0.533. The summed E-state index contributed by atoms with van der Waals surface area (Å²) >= 11 is 0. The highest BCUT2D eigenvalue weighted by molar-refractivity contribution is 5.92. The molecule has 2 saturated carbocycles. The number of nitrogens with zero attached hydrogens (tertiary/aromatic N) is 6. The monoisotopic (exact) mass is 425 g/mol. The summed E-state index contributed by atoms with van der Waals surface area (Å²) in [5, 5.41) is 8.46. The molecular formula is C24H23N7O. The van der Waals surface area contributed by atoms with Gasteiger partial charge in [0.15, 0.2) is 5.82 Å². The van der Waals surface area contributed by atoms with Crippen molar-refractivity contribution in [1.29, 1.82) is 0 Å². The van der Waals surface area contributed by atoms with Gasteiger partial charge in [-0.3, -0.25) is 9.78 Å². The van der Waals surface area contributed by atoms with E-state index in [4.69, 9.17) is 10.7 Å². The number of rotatable bonds is 6. The van der Waals surface area contributed by atoms with Gasteiger partial charge in [-0.25, -0.2) is 4.98 Å². The number of nitrogens with two attached hydrogens (primary N) is 1. The van der Waals surface area contributed by atoms with Crippen LogP contribution in [0.1, 0.15) is 47.8 Å². The van der Waals surface area contributed by atoms with Crippen LogP contribution >= 0.6 is 0 Å². The Morgan fingerprint density at radius 2 is 2.00 bits per heavy atom. The van der Waals surface area contributed by atoms with Gasteiger partial charge in [-0.2, -0.15) is 0 Å². The van der Waals surface area contributed by atoms with Crippen molar-refractivity contribution in [2.45, 2.75) is 37.8 Å². The number of hydrogen-bond acceptors (Lipinski definition) is 6. The highest BCUT2D eigenvalue weighted by Gasteiger charge is 2.35. The molecule has 0 bridgehead atoms. The van der Waals surface area contributed by atoms with Gasteiger partial charge < -0.3 is 15.2 Å². The predicted octanol–water partition coefficient (Wildman–Crippen LogP) is 3.36. The van der Waals surface area contributed by atoms with Crippen LogP contribution in [0.15, 0.2) is 61.2 Å². The molecule has 6 rings (SSSR count). The van der Waals surface area contributed by atoms with E-state index in [9.17, 15) is 4.79 Å². The van der Waals surface area contributed by atoms with E-state index >= 15 is 0 Å². The van der Waals surface area contributed by atoms with Gasteiger partial charge in [-0.05, 0) is 67.0 Å². The third-order valence-corrected chi connectivity index (χ3v) is 6.26. The summed E-state index contributed by atoms with van der Waals surface area (Å²) in [4.78, 5) is 22.9. The molecule has 2 fully saturated rings. The minimum Gasteiger partial charge on any atom is -0.364 e. The molecule has 0 spiro atoms. The highest BCUT2D eigenvalue weighted by atomic mass is 16.1. The maximum Gasteiger partial charge on any atom is 0.267 e. The number of carbonyl (C=O) groups excluding carboxylic acids is 1. The largest absolute Gasteiger partial charge is 0.364 e. The maximum atomic E-state index is 11.6. The number of primary amides is 1. The van der Waals surface area contributed by atoms with E-state index in [1.807, 2.05) is 24.3 Å². The molecule has 1 atom stereocenters. The first-order valence-electron chi connectivity index (χ1n) is 11.0. The standard InChI is InChI=1S/C24H23N7O/c25-23(32)20-12-16(10-11-26-20)17-6-9-21(15-4-5-15)30(13-17)22-3-1-2-19(28-22)24-29-27-14-31(24)18-7-8-18/h1-3,6,9-15,18,21H,4-5,7-8H2,(H2,25,32). The Bertz CT molecular complexity index is 1250. The van der Waals surface area contributed by atoms with Crippen molar-refractivity contribution in [3.63, 3.8) is 0 Å². The number of allylic oxidation sites excluding steroid dienone is 2. The second kappa shape index (κ2) is 7.40. The van der Waals surface area contributed by atoms with Gasteiger partial charge in [0.1, 0.15) is 23.5 Å². The molecule has 0 saturated heterocycles. The van der Waals surface area contributed by atoms with Crippen LogP contribution in [-0.2, 0) is 0 Å². The number of hydrogen-bond donors (Lipinski definition) is 1. The molecule has 4 heterocycles. The van der Waals surface area contributed by atoms with Gasteiger partial charge in [-0.1, -0.05) is 18.2 Å². The zero-order chi connectivity index (χ0) is 21.7. The van der Waals surface area contributed by atoms with Gasteiger partial charge in [0, 0.05) is 18.4 Å². The Hall–Kier alpha value is -3.81. The van der Waals surface area contributed by atoms with Crippen LogP contribution < -0.4 is 10.6 Å². The number of anilines is 1. The molecule has 0 radical (unpaired) electrons. The van der Waals surface area contributed by atoms with Crippen LogP contribution in [0.3, 0.4) is 0 Å². The lowest BCUT2D eigenvalue weighted by atomic mass is 9.99. The van der Waals surface area contributed by atoms with Gasteiger partial charge in [0.05, 0.1) is 6.04 Å². The molecule has 1 amide bonds. The first-order chi connectivity index (χ1) is 15.7. The summed E-state index contributed by atoms with van der Waals surface area (Å²) in [6.45, 7) is 0.